The molecule has 0 atom stereocenters. The molecule has 9 heteroatoms. The fourth-order valence-electron chi connectivity index (χ4n) is 1.38. The van der Waals surface area contributed by atoms with Gasteiger partial charge in [0.2, 0.25) is 10.2 Å². The number of nitrogens with zero attached hydrogens (tertiary/aromatic N) is 1. The van der Waals surface area contributed by atoms with Gasteiger partial charge in [0, 0.05) is 9.85 Å². The molecule has 106 valence electrons. The maximum absolute atomic E-state index is 11.9. The van der Waals surface area contributed by atoms with E-state index in [1.54, 1.807) is 24.3 Å². The van der Waals surface area contributed by atoms with Crippen molar-refractivity contribution in [1.82, 2.24) is 9.71 Å². The SMILES string of the molecule is O=C(Cc1ccc(Br)cc1)NS(=O)(=O)c1nc(Cl)cs1. The van der Waals surface area contributed by atoms with Crippen LogP contribution in [-0.2, 0) is 21.2 Å². The number of amides is 1. The first-order valence-electron chi connectivity index (χ1n) is 5.28. The third-order valence-electron chi connectivity index (χ3n) is 2.21. The average molecular weight is 396 g/mol. The van der Waals surface area contributed by atoms with Gasteiger partial charge in [0.25, 0.3) is 10.0 Å². The molecule has 1 heterocycles. The van der Waals surface area contributed by atoms with Crippen molar-refractivity contribution in [2.75, 3.05) is 0 Å². The van der Waals surface area contributed by atoms with Crippen molar-refractivity contribution in [3.63, 3.8) is 0 Å². The molecule has 0 saturated heterocycles. The molecule has 1 N–H and O–H groups in total. The van der Waals surface area contributed by atoms with Crippen LogP contribution < -0.4 is 4.72 Å². The third-order valence-corrected chi connectivity index (χ3v) is 5.69. The molecule has 2 rings (SSSR count). The van der Waals surface area contributed by atoms with Crippen LogP contribution in [0.15, 0.2) is 38.5 Å². The average Bonchev–Trinajstić information content (AvgIpc) is 2.79. The molecule has 0 spiro atoms. The lowest BCUT2D eigenvalue weighted by Gasteiger charge is -2.04. The number of rotatable bonds is 4. The predicted molar refractivity (Wildman–Crippen MR) is 80.3 cm³/mol. The van der Waals surface area contributed by atoms with Gasteiger partial charge in [-0.3, -0.25) is 4.79 Å². The lowest BCUT2D eigenvalue weighted by molar-refractivity contribution is -0.118. The molecular weight excluding hydrogens is 388 g/mol. The van der Waals surface area contributed by atoms with Gasteiger partial charge in [-0.05, 0) is 17.7 Å². The normalized spacial score (nSPS) is 11.3. The molecule has 1 aromatic carbocycles. The fraction of sp³-hybridized carbons (Fsp3) is 0.0909. The number of carbonyl (C=O) groups is 1. The molecule has 0 unspecified atom stereocenters. The van der Waals surface area contributed by atoms with E-state index in [-0.39, 0.29) is 15.9 Å². The highest BCUT2D eigenvalue weighted by Gasteiger charge is 2.21. The van der Waals surface area contributed by atoms with Crippen LogP contribution in [0.5, 0.6) is 0 Å². The van der Waals surface area contributed by atoms with Crippen molar-refractivity contribution in [2.45, 2.75) is 10.8 Å². The summed E-state index contributed by atoms with van der Waals surface area (Å²) in [5.41, 5.74) is 0.707. The Hall–Kier alpha value is -0.960. The van der Waals surface area contributed by atoms with Gasteiger partial charge in [-0.25, -0.2) is 9.71 Å². The van der Waals surface area contributed by atoms with Gasteiger partial charge >= 0.3 is 0 Å². The van der Waals surface area contributed by atoms with E-state index in [0.717, 1.165) is 15.8 Å². The number of hydrogen-bond acceptors (Lipinski definition) is 5. The van der Waals surface area contributed by atoms with Crippen LogP contribution in [0.3, 0.4) is 0 Å². The second-order valence-electron chi connectivity index (χ2n) is 3.77. The zero-order chi connectivity index (χ0) is 14.8. The summed E-state index contributed by atoms with van der Waals surface area (Å²) in [7, 11) is -3.95. The Morgan fingerprint density at radius 2 is 2.00 bits per heavy atom. The summed E-state index contributed by atoms with van der Waals surface area (Å²) in [6, 6.07) is 7.02. The molecule has 0 saturated carbocycles. The first-order chi connectivity index (χ1) is 9.37. The van der Waals surface area contributed by atoms with Crippen molar-refractivity contribution >= 4 is 54.8 Å². The smallest absolute Gasteiger partial charge is 0.274 e. The van der Waals surface area contributed by atoms with E-state index in [2.05, 4.69) is 20.9 Å². The topological polar surface area (TPSA) is 76.1 Å². The first kappa shape index (κ1) is 15.4. The number of sulfonamides is 1. The molecule has 0 aliphatic heterocycles. The Morgan fingerprint density at radius 1 is 1.35 bits per heavy atom. The van der Waals surface area contributed by atoms with E-state index in [4.69, 9.17) is 11.6 Å². The summed E-state index contributed by atoms with van der Waals surface area (Å²) < 4.78 is 26.3. The molecule has 0 fully saturated rings. The zero-order valence-electron chi connectivity index (χ0n) is 9.84. The van der Waals surface area contributed by atoms with E-state index >= 15 is 0 Å². The summed E-state index contributed by atoms with van der Waals surface area (Å²) >= 11 is 9.70. The van der Waals surface area contributed by atoms with Crippen LogP contribution in [0.25, 0.3) is 0 Å². The Balaban J connectivity index is 2.06. The number of aromatic nitrogens is 1. The van der Waals surface area contributed by atoms with Crippen molar-refractivity contribution in [3.8, 4) is 0 Å². The Morgan fingerprint density at radius 3 is 2.55 bits per heavy atom. The van der Waals surface area contributed by atoms with Crippen LogP contribution in [0.4, 0.5) is 0 Å². The van der Waals surface area contributed by atoms with Crippen molar-refractivity contribution < 1.29 is 13.2 Å². The van der Waals surface area contributed by atoms with E-state index in [1.165, 1.54) is 5.38 Å². The monoisotopic (exact) mass is 394 g/mol. The largest absolute Gasteiger partial charge is 0.291 e. The minimum absolute atomic E-state index is 0.0361. The van der Waals surface area contributed by atoms with E-state index < -0.39 is 15.9 Å². The summed E-state index contributed by atoms with van der Waals surface area (Å²) in [6.07, 6.45) is -0.0361. The number of halogens is 2. The second kappa shape index (κ2) is 6.21. The van der Waals surface area contributed by atoms with Crippen molar-refractivity contribution in [3.05, 3.63) is 44.8 Å². The van der Waals surface area contributed by atoms with E-state index in [1.807, 2.05) is 4.72 Å². The summed E-state index contributed by atoms with van der Waals surface area (Å²) in [5, 5.41) is 1.46. The molecule has 0 aliphatic rings. The molecule has 5 nitrogen and oxygen atoms in total. The van der Waals surface area contributed by atoms with Crippen LogP contribution in [0.1, 0.15) is 5.56 Å². The number of nitrogens with one attached hydrogen (secondary N) is 1. The summed E-state index contributed by atoms with van der Waals surface area (Å²) in [4.78, 5) is 15.4. The number of benzene rings is 1. The molecule has 0 bridgehead atoms. The van der Waals surface area contributed by atoms with Gasteiger partial charge in [0.1, 0.15) is 5.15 Å². The van der Waals surface area contributed by atoms with E-state index in [9.17, 15) is 13.2 Å². The lowest BCUT2D eigenvalue weighted by Crippen LogP contribution is -2.31. The van der Waals surface area contributed by atoms with Gasteiger partial charge in [-0.15, -0.1) is 11.3 Å². The standard InChI is InChI=1S/C11H8BrClN2O3S2/c12-8-3-1-7(2-4-8)5-10(16)15-20(17,18)11-14-9(13)6-19-11/h1-4,6H,5H2,(H,15,16). The lowest BCUT2D eigenvalue weighted by atomic mass is 10.1. The van der Waals surface area contributed by atoms with Crippen LogP contribution >= 0.6 is 38.9 Å². The zero-order valence-corrected chi connectivity index (χ0v) is 13.8. The maximum Gasteiger partial charge on any atom is 0.291 e. The quantitative estimate of drug-likeness (QED) is 0.863. The van der Waals surface area contributed by atoms with E-state index in [0.29, 0.717) is 5.56 Å². The minimum atomic E-state index is -3.95. The summed E-state index contributed by atoms with van der Waals surface area (Å²) in [5.74, 6) is -0.626. The molecule has 0 aliphatic carbocycles. The molecule has 2 aromatic rings. The van der Waals surface area contributed by atoms with Gasteiger partial charge in [0.05, 0.1) is 6.42 Å². The number of carbonyl (C=O) groups excluding carboxylic acids is 1. The highest BCUT2D eigenvalue weighted by Crippen LogP contribution is 2.18. The Bertz CT molecular complexity index is 728. The molecular formula is C11H8BrClN2O3S2. The van der Waals surface area contributed by atoms with Crippen molar-refractivity contribution in [2.24, 2.45) is 0 Å². The first-order valence-corrected chi connectivity index (χ1v) is 8.81. The van der Waals surface area contributed by atoms with Gasteiger partial charge in [0.15, 0.2) is 0 Å². The molecule has 1 aromatic heterocycles. The molecule has 1 amide bonds. The third kappa shape index (κ3) is 4.02. The van der Waals surface area contributed by atoms with Gasteiger partial charge < -0.3 is 0 Å². The maximum atomic E-state index is 11.9. The van der Waals surface area contributed by atoms with Crippen LogP contribution in [0, 0.1) is 0 Å². The van der Waals surface area contributed by atoms with Gasteiger partial charge in [-0.1, -0.05) is 39.7 Å². The fourth-order valence-corrected chi connectivity index (χ4v) is 3.82. The highest BCUT2D eigenvalue weighted by molar-refractivity contribution is 9.10. The van der Waals surface area contributed by atoms with Crippen LogP contribution in [0.2, 0.25) is 5.15 Å². The summed E-state index contributed by atoms with van der Waals surface area (Å²) in [6.45, 7) is 0. The van der Waals surface area contributed by atoms with Crippen LogP contribution in [-0.4, -0.2) is 19.3 Å². The Labute approximate surface area is 133 Å². The molecule has 0 radical (unpaired) electrons. The molecule has 20 heavy (non-hydrogen) atoms. The highest BCUT2D eigenvalue weighted by atomic mass is 79.9. The number of thiazole rings is 1. The Kier molecular flexibility index (Phi) is 4.79. The number of hydrogen-bond donors (Lipinski definition) is 1. The van der Waals surface area contributed by atoms with Crippen molar-refractivity contribution in [1.29, 1.82) is 0 Å². The van der Waals surface area contributed by atoms with Gasteiger partial charge in [-0.2, -0.15) is 8.42 Å². The second-order valence-corrected chi connectivity index (χ2v) is 7.79. The predicted octanol–water partition coefficient (Wildman–Crippen LogP) is 2.61. The minimum Gasteiger partial charge on any atom is -0.274 e.